The maximum atomic E-state index is 6.42. The minimum atomic E-state index is 0.378. The Morgan fingerprint density at radius 1 is 1.00 bits per heavy atom. The molecule has 0 bridgehead atoms. The molecule has 1 aliphatic heterocycles. The Morgan fingerprint density at radius 2 is 1.71 bits per heavy atom. The summed E-state index contributed by atoms with van der Waals surface area (Å²) in [5, 5.41) is 4.35. The van der Waals surface area contributed by atoms with Crippen LogP contribution in [-0.2, 0) is 0 Å². The van der Waals surface area contributed by atoms with Gasteiger partial charge in [0.05, 0.1) is 7.11 Å². The van der Waals surface area contributed by atoms with Gasteiger partial charge in [0, 0.05) is 17.5 Å². The predicted molar refractivity (Wildman–Crippen MR) is 87.4 cm³/mol. The Morgan fingerprint density at radius 3 is 2.48 bits per heavy atom. The van der Waals surface area contributed by atoms with Crippen LogP contribution in [0, 0.1) is 0 Å². The highest BCUT2D eigenvalue weighted by molar-refractivity contribution is 6.31. The lowest BCUT2D eigenvalue weighted by Gasteiger charge is -2.34. The third-order valence-electron chi connectivity index (χ3n) is 4.33. The van der Waals surface area contributed by atoms with Gasteiger partial charge in [-0.3, -0.25) is 0 Å². The minimum absolute atomic E-state index is 0.378. The maximum Gasteiger partial charge on any atom is 0.122 e. The van der Waals surface area contributed by atoms with Crippen LogP contribution in [0.3, 0.4) is 0 Å². The summed E-state index contributed by atoms with van der Waals surface area (Å²) in [5.74, 6) is 1.78. The first-order valence-corrected chi connectivity index (χ1v) is 7.77. The molecule has 1 fully saturated rings. The van der Waals surface area contributed by atoms with Gasteiger partial charge < -0.3 is 10.1 Å². The molecule has 3 heteroatoms. The van der Waals surface area contributed by atoms with Crippen LogP contribution >= 0.6 is 11.6 Å². The monoisotopic (exact) mass is 301 g/mol. The van der Waals surface area contributed by atoms with E-state index in [1.807, 2.05) is 24.3 Å². The van der Waals surface area contributed by atoms with Crippen LogP contribution < -0.4 is 10.1 Å². The molecule has 0 aromatic heterocycles. The minimum Gasteiger partial charge on any atom is -0.496 e. The third-order valence-corrected chi connectivity index (χ3v) is 4.67. The van der Waals surface area contributed by atoms with E-state index in [1.165, 1.54) is 11.1 Å². The molecule has 1 heterocycles. The first-order valence-electron chi connectivity index (χ1n) is 7.39. The Bertz CT molecular complexity index is 614. The van der Waals surface area contributed by atoms with Crippen molar-refractivity contribution in [2.75, 3.05) is 20.2 Å². The van der Waals surface area contributed by atoms with Crippen LogP contribution in [0.1, 0.15) is 29.4 Å². The molecule has 0 radical (unpaired) electrons. The van der Waals surface area contributed by atoms with Gasteiger partial charge in [0.1, 0.15) is 5.75 Å². The Hall–Kier alpha value is -1.51. The summed E-state index contributed by atoms with van der Waals surface area (Å²) in [6.45, 7) is 1.98. The molecule has 0 aliphatic carbocycles. The number of benzene rings is 2. The Labute approximate surface area is 131 Å². The Kier molecular flexibility index (Phi) is 4.47. The maximum absolute atomic E-state index is 6.42. The first kappa shape index (κ1) is 14.4. The molecule has 1 aliphatic rings. The average Bonchev–Trinajstić information content (AvgIpc) is 2.55. The van der Waals surface area contributed by atoms with E-state index < -0.39 is 0 Å². The number of ether oxygens (including phenoxy) is 1. The number of hydrogen-bond donors (Lipinski definition) is 1. The highest BCUT2D eigenvalue weighted by atomic mass is 35.5. The second-order valence-electron chi connectivity index (χ2n) is 5.47. The number of para-hydroxylation sites is 1. The van der Waals surface area contributed by atoms with Crippen molar-refractivity contribution in [3.63, 3.8) is 0 Å². The molecule has 21 heavy (non-hydrogen) atoms. The number of piperidine rings is 1. The van der Waals surface area contributed by atoms with Gasteiger partial charge in [0.25, 0.3) is 0 Å². The molecule has 1 saturated heterocycles. The molecule has 110 valence electrons. The molecule has 2 nitrogen and oxygen atoms in total. The van der Waals surface area contributed by atoms with Gasteiger partial charge in [-0.1, -0.05) is 48.0 Å². The summed E-state index contributed by atoms with van der Waals surface area (Å²) >= 11 is 6.42. The topological polar surface area (TPSA) is 21.3 Å². The quantitative estimate of drug-likeness (QED) is 0.917. The van der Waals surface area contributed by atoms with Crippen LogP contribution in [0.15, 0.2) is 48.5 Å². The summed E-state index contributed by atoms with van der Waals surface area (Å²) in [4.78, 5) is 0. The zero-order chi connectivity index (χ0) is 14.7. The fraction of sp³-hybridized carbons (Fsp3) is 0.333. The zero-order valence-corrected chi connectivity index (χ0v) is 12.9. The molecule has 2 aromatic carbocycles. The highest BCUT2D eigenvalue weighted by Crippen LogP contribution is 2.42. The van der Waals surface area contributed by atoms with Crippen LogP contribution in [0.2, 0.25) is 5.02 Å². The van der Waals surface area contributed by atoms with Gasteiger partial charge in [-0.05, 0) is 42.1 Å². The fourth-order valence-corrected chi connectivity index (χ4v) is 3.58. The van der Waals surface area contributed by atoms with E-state index in [0.717, 1.165) is 30.3 Å². The van der Waals surface area contributed by atoms with Crippen molar-refractivity contribution in [1.29, 1.82) is 0 Å². The van der Waals surface area contributed by atoms with E-state index in [0.29, 0.717) is 11.8 Å². The van der Waals surface area contributed by atoms with Crippen molar-refractivity contribution in [1.82, 2.24) is 5.32 Å². The molecule has 0 spiro atoms. The zero-order valence-electron chi connectivity index (χ0n) is 12.2. The van der Waals surface area contributed by atoms with Gasteiger partial charge in [-0.15, -0.1) is 0 Å². The molecule has 0 amide bonds. The standard InChI is InChI=1S/C18H20ClNO/c1-21-18-9-5-3-7-15(18)13-10-11-20-12-16(13)14-6-2-4-8-17(14)19/h2-9,13,16,20H,10-12H2,1H3. The summed E-state index contributed by atoms with van der Waals surface area (Å²) in [7, 11) is 1.74. The smallest absolute Gasteiger partial charge is 0.122 e. The molecular formula is C18H20ClNO. The van der Waals surface area contributed by atoms with Gasteiger partial charge in [-0.25, -0.2) is 0 Å². The molecule has 3 rings (SSSR count). The lowest BCUT2D eigenvalue weighted by molar-refractivity contribution is 0.371. The van der Waals surface area contributed by atoms with E-state index >= 15 is 0 Å². The lowest BCUT2D eigenvalue weighted by Crippen LogP contribution is -2.34. The van der Waals surface area contributed by atoms with Crippen molar-refractivity contribution in [2.24, 2.45) is 0 Å². The third kappa shape index (κ3) is 2.92. The number of halogens is 1. The van der Waals surface area contributed by atoms with E-state index in [4.69, 9.17) is 16.3 Å². The lowest BCUT2D eigenvalue weighted by atomic mass is 9.77. The molecule has 2 aromatic rings. The van der Waals surface area contributed by atoms with E-state index in [2.05, 4.69) is 29.6 Å². The van der Waals surface area contributed by atoms with Crippen molar-refractivity contribution in [2.45, 2.75) is 18.3 Å². The molecule has 2 unspecified atom stereocenters. The number of rotatable bonds is 3. The summed E-state index contributed by atoms with van der Waals surface area (Å²) in [5.41, 5.74) is 2.51. The number of methoxy groups -OCH3 is 1. The van der Waals surface area contributed by atoms with Crippen LogP contribution in [-0.4, -0.2) is 20.2 Å². The largest absolute Gasteiger partial charge is 0.496 e. The summed E-state index contributed by atoms with van der Waals surface area (Å²) < 4.78 is 5.56. The predicted octanol–water partition coefficient (Wildman–Crippen LogP) is 4.21. The number of nitrogens with one attached hydrogen (secondary N) is 1. The normalized spacial score (nSPS) is 22.0. The second kappa shape index (κ2) is 6.50. The molecule has 2 atom stereocenters. The van der Waals surface area contributed by atoms with Crippen LogP contribution in [0.5, 0.6) is 5.75 Å². The van der Waals surface area contributed by atoms with Crippen molar-refractivity contribution >= 4 is 11.6 Å². The molecular weight excluding hydrogens is 282 g/mol. The van der Waals surface area contributed by atoms with Crippen molar-refractivity contribution < 1.29 is 4.74 Å². The summed E-state index contributed by atoms with van der Waals surface area (Å²) in [6, 6.07) is 16.5. The van der Waals surface area contributed by atoms with Gasteiger partial charge in [-0.2, -0.15) is 0 Å². The van der Waals surface area contributed by atoms with Crippen LogP contribution in [0.25, 0.3) is 0 Å². The highest BCUT2D eigenvalue weighted by Gasteiger charge is 2.30. The van der Waals surface area contributed by atoms with E-state index in [9.17, 15) is 0 Å². The fourth-order valence-electron chi connectivity index (χ4n) is 3.31. The van der Waals surface area contributed by atoms with Gasteiger partial charge in [0.2, 0.25) is 0 Å². The SMILES string of the molecule is COc1ccccc1C1CCNCC1c1ccccc1Cl. The molecule has 0 saturated carbocycles. The molecule has 1 N–H and O–H groups in total. The van der Waals surface area contributed by atoms with E-state index in [1.54, 1.807) is 7.11 Å². The van der Waals surface area contributed by atoms with Crippen molar-refractivity contribution in [3.05, 3.63) is 64.7 Å². The van der Waals surface area contributed by atoms with Gasteiger partial charge in [0.15, 0.2) is 0 Å². The van der Waals surface area contributed by atoms with E-state index in [-0.39, 0.29) is 0 Å². The average molecular weight is 302 g/mol. The van der Waals surface area contributed by atoms with Crippen molar-refractivity contribution in [3.8, 4) is 5.75 Å². The Balaban J connectivity index is 2.01. The summed E-state index contributed by atoms with van der Waals surface area (Å²) in [6.07, 6.45) is 1.09. The first-order chi connectivity index (χ1) is 10.3. The van der Waals surface area contributed by atoms with Gasteiger partial charge >= 0.3 is 0 Å². The van der Waals surface area contributed by atoms with Crippen LogP contribution in [0.4, 0.5) is 0 Å². The second-order valence-corrected chi connectivity index (χ2v) is 5.88. The number of hydrogen-bond acceptors (Lipinski definition) is 2.